The van der Waals surface area contributed by atoms with E-state index < -0.39 is 17.8 Å². The summed E-state index contributed by atoms with van der Waals surface area (Å²) in [5.41, 5.74) is 1.27. The molecule has 1 N–H and O–H groups in total. The Kier molecular flexibility index (Phi) is 8.06. The summed E-state index contributed by atoms with van der Waals surface area (Å²) >= 11 is 6.35. The first kappa shape index (κ1) is 25.8. The van der Waals surface area contributed by atoms with Crippen molar-refractivity contribution < 1.29 is 19.1 Å². The van der Waals surface area contributed by atoms with Gasteiger partial charge in [0.2, 0.25) is 0 Å². The number of hydrogen-bond acceptors (Lipinski definition) is 8. The first-order valence-corrected chi connectivity index (χ1v) is 11.3. The van der Waals surface area contributed by atoms with Crippen LogP contribution in [0.3, 0.4) is 0 Å². The third-order valence-electron chi connectivity index (χ3n) is 4.96. The van der Waals surface area contributed by atoms with Gasteiger partial charge in [0.1, 0.15) is 28.9 Å². The van der Waals surface area contributed by atoms with Gasteiger partial charge < -0.3 is 24.6 Å². The maximum absolute atomic E-state index is 12.8. The normalized spacial score (nSPS) is 18.6. The van der Waals surface area contributed by atoms with Crippen molar-refractivity contribution in [2.45, 2.75) is 38.6 Å². The summed E-state index contributed by atoms with van der Waals surface area (Å²) in [5.74, 6) is -0.332. The van der Waals surface area contributed by atoms with Crippen LogP contribution >= 0.6 is 11.6 Å². The molecule has 3 rings (SSSR count). The van der Waals surface area contributed by atoms with Crippen molar-refractivity contribution in [3.05, 3.63) is 40.9 Å². The quantitative estimate of drug-likeness (QED) is 0.637. The molecule has 0 aromatic carbocycles. The summed E-state index contributed by atoms with van der Waals surface area (Å²) in [6.45, 7) is 6.85. The summed E-state index contributed by atoms with van der Waals surface area (Å²) in [5, 5.41) is 2.78. The van der Waals surface area contributed by atoms with Crippen LogP contribution in [0.4, 0.5) is 4.79 Å². The molecule has 0 radical (unpaired) electrons. The van der Waals surface area contributed by atoms with Crippen LogP contribution in [0.15, 0.2) is 24.5 Å². The van der Waals surface area contributed by atoms with Crippen LogP contribution in [0.5, 0.6) is 0 Å². The second-order valence-electron chi connectivity index (χ2n) is 9.37. The van der Waals surface area contributed by atoms with E-state index in [1.165, 1.54) is 13.4 Å². The molecule has 10 nitrogen and oxygen atoms in total. The number of nitrogens with one attached hydrogen (secondary N) is 1. The second-order valence-corrected chi connectivity index (χ2v) is 9.76. The van der Waals surface area contributed by atoms with Crippen LogP contribution < -0.4 is 5.32 Å². The van der Waals surface area contributed by atoms with Gasteiger partial charge in [-0.25, -0.2) is 19.7 Å². The number of rotatable bonds is 5. The second kappa shape index (κ2) is 10.6. The third kappa shape index (κ3) is 6.85. The van der Waals surface area contributed by atoms with Crippen LogP contribution in [0.1, 0.15) is 42.9 Å². The van der Waals surface area contributed by atoms with E-state index in [9.17, 15) is 9.59 Å². The monoisotopic (exact) mass is 490 g/mol. The van der Waals surface area contributed by atoms with Crippen LogP contribution in [0.2, 0.25) is 5.15 Å². The van der Waals surface area contributed by atoms with E-state index in [1.807, 2.05) is 39.8 Å². The topological polar surface area (TPSA) is 110 Å². The number of aromatic nitrogens is 3. The maximum atomic E-state index is 12.8. The predicted molar refractivity (Wildman–Crippen MR) is 128 cm³/mol. The molecule has 0 saturated carbocycles. The minimum absolute atomic E-state index is 0.215. The van der Waals surface area contributed by atoms with Gasteiger partial charge in [0.05, 0.1) is 30.6 Å². The Morgan fingerprint density at radius 1 is 1.21 bits per heavy atom. The van der Waals surface area contributed by atoms with E-state index in [0.717, 1.165) is 5.56 Å². The highest BCUT2D eigenvalue weighted by Gasteiger charge is 2.34. The molecule has 0 spiro atoms. The van der Waals surface area contributed by atoms with Gasteiger partial charge in [0, 0.05) is 13.6 Å². The lowest BCUT2D eigenvalue weighted by molar-refractivity contribution is -0.0947. The Morgan fingerprint density at radius 2 is 1.94 bits per heavy atom. The number of ether oxygens (including phenoxy) is 2. The van der Waals surface area contributed by atoms with Gasteiger partial charge in [0.25, 0.3) is 5.91 Å². The van der Waals surface area contributed by atoms with Crippen molar-refractivity contribution in [3.8, 4) is 11.4 Å². The van der Waals surface area contributed by atoms with Gasteiger partial charge in [-0.1, -0.05) is 11.6 Å². The molecule has 34 heavy (non-hydrogen) atoms. The first-order chi connectivity index (χ1) is 15.9. The summed E-state index contributed by atoms with van der Waals surface area (Å²) in [7, 11) is 5.43. The number of likely N-dealkylation sites (N-methyl/N-ethyl adjacent to an activating group) is 1. The lowest BCUT2D eigenvalue weighted by atomic mass is 10.1. The van der Waals surface area contributed by atoms with E-state index in [0.29, 0.717) is 31.0 Å². The molecule has 0 bridgehead atoms. The molecule has 2 atom stereocenters. The number of carbonyl (C=O) groups is 2. The fourth-order valence-corrected chi connectivity index (χ4v) is 3.81. The molecule has 0 aliphatic carbocycles. The minimum atomic E-state index is -0.607. The Labute approximate surface area is 204 Å². The SMILES string of the molecule is CNC(=O)c1cc(-c2cc([C@@H]3CN(C(=O)OC(C)(C)C)C[C@@H](CN(C)C)O3)cc(Cl)n2)ncn1. The molecule has 1 fully saturated rings. The Morgan fingerprint density at radius 3 is 2.59 bits per heavy atom. The van der Waals surface area contributed by atoms with Crippen molar-refractivity contribution >= 4 is 23.6 Å². The number of morpholine rings is 1. The van der Waals surface area contributed by atoms with Crippen LogP contribution in [0.25, 0.3) is 11.4 Å². The predicted octanol–water partition coefficient (Wildman–Crippen LogP) is 2.79. The fraction of sp³-hybridized carbons (Fsp3) is 0.522. The zero-order valence-corrected chi connectivity index (χ0v) is 21.1. The average molecular weight is 491 g/mol. The smallest absolute Gasteiger partial charge is 0.410 e. The van der Waals surface area contributed by atoms with Gasteiger partial charge in [-0.15, -0.1) is 0 Å². The number of pyridine rings is 1. The van der Waals surface area contributed by atoms with E-state index in [2.05, 4.69) is 20.3 Å². The molecule has 1 saturated heterocycles. The van der Waals surface area contributed by atoms with Crippen molar-refractivity contribution in [2.75, 3.05) is 40.8 Å². The minimum Gasteiger partial charge on any atom is -0.444 e. The Bertz CT molecular complexity index is 1040. The van der Waals surface area contributed by atoms with Gasteiger partial charge in [-0.05, 0) is 58.6 Å². The van der Waals surface area contributed by atoms with E-state index >= 15 is 0 Å². The molecular weight excluding hydrogens is 460 g/mol. The number of carbonyl (C=O) groups excluding carboxylic acids is 2. The van der Waals surface area contributed by atoms with Crippen LogP contribution in [-0.2, 0) is 9.47 Å². The number of amides is 2. The third-order valence-corrected chi connectivity index (χ3v) is 5.16. The molecule has 2 amide bonds. The molecule has 2 aromatic heterocycles. The average Bonchev–Trinajstić information content (AvgIpc) is 2.76. The van der Waals surface area contributed by atoms with Gasteiger partial charge in [0.15, 0.2) is 0 Å². The zero-order valence-electron chi connectivity index (χ0n) is 20.3. The fourth-order valence-electron chi connectivity index (χ4n) is 3.59. The molecule has 1 aliphatic heterocycles. The highest BCUT2D eigenvalue weighted by Crippen LogP contribution is 2.30. The summed E-state index contributed by atoms with van der Waals surface area (Å²) in [6.07, 6.45) is 0.230. The molecule has 1 aliphatic rings. The molecule has 0 unspecified atom stereocenters. The Hall–Kier alpha value is -2.82. The number of hydrogen-bond donors (Lipinski definition) is 1. The molecular formula is C23H31ClN6O4. The lowest BCUT2D eigenvalue weighted by Gasteiger charge is -2.39. The Balaban J connectivity index is 1.93. The van der Waals surface area contributed by atoms with Crippen molar-refractivity contribution in [2.24, 2.45) is 0 Å². The highest BCUT2D eigenvalue weighted by molar-refractivity contribution is 6.29. The molecule has 11 heteroatoms. The van der Waals surface area contributed by atoms with Gasteiger partial charge in [-0.2, -0.15) is 0 Å². The molecule has 3 heterocycles. The largest absolute Gasteiger partial charge is 0.444 e. The highest BCUT2D eigenvalue weighted by atomic mass is 35.5. The number of halogens is 1. The van der Waals surface area contributed by atoms with Crippen molar-refractivity contribution in [1.29, 1.82) is 0 Å². The molecule has 184 valence electrons. The van der Waals surface area contributed by atoms with E-state index in [1.54, 1.807) is 23.1 Å². The standard InChI is InChI=1S/C23H31ClN6O4/c1-23(2,3)34-22(32)30-11-15(10-29(5)6)33-19(12-30)14-7-17(28-20(24)8-14)16-9-18(21(31)25-4)27-13-26-16/h7-9,13,15,19H,10-12H2,1-6H3,(H,25,31)/t15-,19+/m1/s1. The zero-order chi connectivity index (χ0) is 25.0. The van der Waals surface area contributed by atoms with Crippen LogP contribution in [0, 0.1) is 0 Å². The maximum Gasteiger partial charge on any atom is 0.410 e. The van der Waals surface area contributed by atoms with E-state index in [4.69, 9.17) is 21.1 Å². The summed E-state index contributed by atoms with van der Waals surface area (Å²) in [6, 6.07) is 5.06. The lowest BCUT2D eigenvalue weighted by Crippen LogP contribution is -2.51. The van der Waals surface area contributed by atoms with Crippen molar-refractivity contribution in [3.63, 3.8) is 0 Å². The van der Waals surface area contributed by atoms with Gasteiger partial charge in [-0.3, -0.25) is 4.79 Å². The van der Waals surface area contributed by atoms with Crippen LogP contribution in [-0.4, -0.2) is 89.2 Å². The summed E-state index contributed by atoms with van der Waals surface area (Å²) < 4.78 is 11.9. The summed E-state index contributed by atoms with van der Waals surface area (Å²) in [4.78, 5) is 41.1. The number of nitrogens with zero attached hydrogens (tertiary/aromatic N) is 5. The first-order valence-electron chi connectivity index (χ1n) is 10.9. The molecule has 2 aromatic rings. The van der Waals surface area contributed by atoms with E-state index in [-0.39, 0.29) is 22.9 Å². The van der Waals surface area contributed by atoms with Crippen molar-refractivity contribution in [1.82, 2.24) is 30.1 Å². The van der Waals surface area contributed by atoms with Gasteiger partial charge >= 0.3 is 6.09 Å².